The second-order valence-corrected chi connectivity index (χ2v) is 6.32. The Balaban J connectivity index is 1.81. The predicted molar refractivity (Wildman–Crippen MR) is 97.7 cm³/mol. The van der Waals surface area contributed by atoms with E-state index < -0.39 is 0 Å². The van der Waals surface area contributed by atoms with E-state index in [1.54, 1.807) is 18.5 Å². The van der Waals surface area contributed by atoms with Gasteiger partial charge in [0.1, 0.15) is 5.15 Å². The van der Waals surface area contributed by atoms with E-state index in [9.17, 15) is 0 Å². The average molecular weight is 350 g/mol. The first-order chi connectivity index (χ1) is 12.1. The Kier molecular flexibility index (Phi) is 3.93. The van der Waals surface area contributed by atoms with Gasteiger partial charge in [0.05, 0.1) is 17.5 Å². The third-order valence-electron chi connectivity index (χ3n) is 4.32. The lowest BCUT2D eigenvalue weighted by molar-refractivity contribution is 0.855. The largest absolute Gasteiger partial charge is 0.256 e. The molecule has 5 nitrogen and oxygen atoms in total. The molecule has 4 aromatic heterocycles. The van der Waals surface area contributed by atoms with Gasteiger partial charge in [-0.1, -0.05) is 23.7 Å². The molecule has 0 spiro atoms. The second-order valence-electron chi connectivity index (χ2n) is 5.94. The Hall–Kier alpha value is -2.79. The van der Waals surface area contributed by atoms with E-state index in [1.807, 2.05) is 41.9 Å². The second kappa shape index (κ2) is 6.26. The summed E-state index contributed by atoms with van der Waals surface area (Å²) in [6, 6.07) is 9.63. The maximum absolute atomic E-state index is 5.87. The molecule has 0 fully saturated rings. The zero-order valence-electron chi connectivity index (χ0n) is 13.9. The van der Waals surface area contributed by atoms with Crippen LogP contribution >= 0.6 is 11.6 Å². The standard InChI is InChI=1S/C19H16ClN5/c1-12-15(9-14-6-7-18(20)22-10-14)13(2)25-19(24-12)16(11-23-25)17-5-3-4-8-21-17/h3-8,10-11H,9H2,1-2H3. The molecular weight excluding hydrogens is 334 g/mol. The first kappa shape index (κ1) is 15.7. The van der Waals surface area contributed by atoms with Crippen LogP contribution in [0.3, 0.4) is 0 Å². The van der Waals surface area contributed by atoms with Crippen LogP contribution < -0.4 is 0 Å². The van der Waals surface area contributed by atoms with Crippen molar-refractivity contribution >= 4 is 17.2 Å². The fraction of sp³-hybridized carbons (Fsp3) is 0.158. The molecule has 0 aliphatic rings. The third-order valence-corrected chi connectivity index (χ3v) is 4.54. The maximum Gasteiger partial charge on any atom is 0.164 e. The van der Waals surface area contributed by atoms with E-state index in [0.29, 0.717) is 5.15 Å². The van der Waals surface area contributed by atoms with Crippen molar-refractivity contribution in [3.63, 3.8) is 0 Å². The molecule has 0 aliphatic heterocycles. The molecule has 0 atom stereocenters. The molecule has 0 bridgehead atoms. The van der Waals surface area contributed by atoms with Crippen LogP contribution in [0.15, 0.2) is 48.9 Å². The van der Waals surface area contributed by atoms with E-state index in [4.69, 9.17) is 16.6 Å². The molecule has 4 aromatic rings. The number of hydrogen-bond acceptors (Lipinski definition) is 4. The van der Waals surface area contributed by atoms with Gasteiger partial charge in [0, 0.05) is 30.2 Å². The number of halogens is 1. The van der Waals surface area contributed by atoms with Gasteiger partial charge in [-0.2, -0.15) is 5.10 Å². The number of nitrogens with zero attached hydrogens (tertiary/aromatic N) is 5. The summed E-state index contributed by atoms with van der Waals surface area (Å²) in [5.41, 5.74) is 6.93. The minimum Gasteiger partial charge on any atom is -0.256 e. The molecule has 0 unspecified atom stereocenters. The Morgan fingerprint density at radius 2 is 1.92 bits per heavy atom. The molecule has 0 saturated carbocycles. The van der Waals surface area contributed by atoms with E-state index >= 15 is 0 Å². The number of aryl methyl sites for hydroxylation is 2. The lowest BCUT2D eigenvalue weighted by Crippen LogP contribution is -2.06. The molecule has 4 rings (SSSR count). The highest BCUT2D eigenvalue weighted by molar-refractivity contribution is 6.29. The quantitative estimate of drug-likeness (QED) is 0.524. The van der Waals surface area contributed by atoms with E-state index in [2.05, 4.69) is 22.0 Å². The molecule has 6 heteroatoms. The highest BCUT2D eigenvalue weighted by Gasteiger charge is 2.15. The van der Waals surface area contributed by atoms with Crippen LogP contribution in [-0.2, 0) is 6.42 Å². The van der Waals surface area contributed by atoms with Crippen LogP contribution in [0.1, 0.15) is 22.5 Å². The van der Waals surface area contributed by atoms with Crippen molar-refractivity contribution in [3.05, 3.63) is 76.6 Å². The first-order valence-electron chi connectivity index (χ1n) is 7.99. The average Bonchev–Trinajstić information content (AvgIpc) is 3.05. The Labute approximate surface area is 150 Å². The maximum atomic E-state index is 5.87. The van der Waals surface area contributed by atoms with Crippen LogP contribution in [0.25, 0.3) is 16.9 Å². The Bertz CT molecular complexity index is 1040. The normalized spacial score (nSPS) is 11.2. The van der Waals surface area contributed by atoms with Crippen molar-refractivity contribution in [1.29, 1.82) is 0 Å². The molecule has 25 heavy (non-hydrogen) atoms. The monoisotopic (exact) mass is 349 g/mol. The molecule has 0 aromatic carbocycles. The topological polar surface area (TPSA) is 56.0 Å². The van der Waals surface area contributed by atoms with Gasteiger partial charge in [0.25, 0.3) is 0 Å². The van der Waals surface area contributed by atoms with Crippen LogP contribution in [0, 0.1) is 13.8 Å². The highest BCUT2D eigenvalue weighted by atomic mass is 35.5. The van der Waals surface area contributed by atoms with E-state index in [-0.39, 0.29) is 0 Å². The first-order valence-corrected chi connectivity index (χ1v) is 8.37. The fourth-order valence-corrected chi connectivity index (χ4v) is 3.10. The van der Waals surface area contributed by atoms with Gasteiger partial charge in [-0.05, 0) is 43.2 Å². The van der Waals surface area contributed by atoms with Crippen molar-refractivity contribution < 1.29 is 0 Å². The van der Waals surface area contributed by atoms with Gasteiger partial charge in [-0.25, -0.2) is 14.5 Å². The smallest absolute Gasteiger partial charge is 0.164 e. The number of hydrogen-bond donors (Lipinski definition) is 0. The van der Waals surface area contributed by atoms with Gasteiger partial charge in [0.15, 0.2) is 5.65 Å². The molecule has 124 valence electrons. The summed E-state index contributed by atoms with van der Waals surface area (Å²) < 4.78 is 1.88. The van der Waals surface area contributed by atoms with Gasteiger partial charge >= 0.3 is 0 Å². The summed E-state index contributed by atoms with van der Waals surface area (Å²) in [5.74, 6) is 0. The third kappa shape index (κ3) is 2.87. The van der Waals surface area contributed by atoms with Gasteiger partial charge in [-0.3, -0.25) is 4.98 Å². The van der Waals surface area contributed by atoms with Crippen LogP contribution in [0.2, 0.25) is 5.15 Å². The molecular formula is C19H16ClN5. The lowest BCUT2D eigenvalue weighted by atomic mass is 10.0. The van der Waals surface area contributed by atoms with Gasteiger partial charge in [0.2, 0.25) is 0 Å². The van der Waals surface area contributed by atoms with E-state index in [1.165, 1.54) is 0 Å². The summed E-state index contributed by atoms with van der Waals surface area (Å²) in [7, 11) is 0. The molecule has 0 amide bonds. The Morgan fingerprint density at radius 3 is 2.64 bits per heavy atom. The summed E-state index contributed by atoms with van der Waals surface area (Å²) in [4.78, 5) is 13.4. The predicted octanol–water partition coefficient (Wildman–Crippen LogP) is 4.05. The fourth-order valence-electron chi connectivity index (χ4n) is 2.98. The molecule has 0 saturated heterocycles. The molecule has 0 N–H and O–H groups in total. The van der Waals surface area contributed by atoms with Crippen molar-refractivity contribution in [2.24, 2.45) is 0 Å². The van der Waals surface area contributed by atoms with E-state index in [0.717, 1.165) is 45.8 Å². The highest BCUT2D eigenvalue weighted by Crippen LogP contribution is 2.25. The van der Waals surface area contributed by atoms with Gasteiger partial charge < -0.3 is 0 Å². The number of rotatable bonds is 3. The Morgan fingerprint density at radius 1 is 1.04 bits per heavy atom. The zero-order valence-corrected chi connectivity index (χ0v) is 14.7. The van der Waals surface area contributed by atoms with Crippen molar-refractivity contribution in [2.45, 2.75) is 20.3 Å². The van der Waals surface area contributed by atoms with Crippen LogP contribution in [-0.4, -0.2) is 24.6 Å². The lowest BCUT2D eigenvalue weighted by Gasteiger charge is -2.11. The number of aromatic nitrogens is 5. The molecule has 4 heterocycles. The van der Waals surface area contributed by atoms with Crippen molar-refractivity contribution in [2.75, 3.05) is 0 Å². The van der Waals surface area contributed by atoms with Gasteiger partial charge in [-0.15, -0.1) is 0 Å². The van der Waals surface area contributed by atoms with Crippen LogP contribution in [0.4, 0.5) is 0 Å². The van der Waals surface area contributed by atoms with Crippen LogP contribution in [0.5, 0.6) is 0 Å². The summed E-state index contributed by atoms with van der Waals surface area (Å²) in [6.07, 6.45) is 6.14. The zero-order chi connectivity index (χ0) is 17.4. The van der Waals surface area contributed by atoms with Crippen molar-refractivity contribution in [3.8, 4) is 11.3 Å². The minimum atomic E-state index is 0.498. The summed E-state index contributed by atoms with van der Waals surface area (Å²) in [6.45, 7) is 4.09. The SMILES string of the molecule is Cc1nc2c(-c3ccccn3)cnn2c(C)c1Cc1ccc(Cl)nc1. The number of pyridine rings is 2. The summed E-state index contributed by atoms with van der Waals surface area (Å²) in [5, 5.41) is 5.03. The minimum absolute atomic E-state index is 0.498. The van der Waals surface area contributed by atoms with Crippen molar-refractivity contribution in [1.82, 2.24) is 24.6 Å². The summed E-state index contributed by atoms with van der Waals surface area (Å²) >= 11 is 5.87. The molecule has 0 aliphatic carbocycles. The molecule has 0 radical (unpaired) electrons. The number of fused-ring (bicyclic) bond motifs is 1.